The second-order valence-corrected chi connectivity index (χ2v) is 4.26. The van der Waals surface area contributed by atoms with E-state index in [2.05, 4.69) is 12.2 Å². The molecule has 0 spiro atoms. The van der Waals surface area contributed by atoms with Crippen molar-refractivity contribution in [3.8, 4) is 5.75 Å². The third-order valence-electron chi connectivity index (χ3n) is 2.63. The van der Waals surface area contributed by atoms with Crippen LogP contribution in [-0.2, 0) is 4.79 Å². The monoisotopic (exact) mass is 235 g/mol. The number of carbonyl (C=O) groups excluding carboxylic acids is 1. The van der Waals surface area contributed by atoms with Gasteiger partial charge < -0.3 is 10.1 Å². The van der Waals surface area contributed by atoms with Gasteiger partial charge in [0.15, 0.2) is 0 Å². The number of Topliss-reactive ketones (excluding diaryl/α,β-unsaturated/α-hetero) is 1. The molecule has 1 aromatic rings. The molecule has 1 aromatic carbocycles. The van der Waals surface area contributed by atoms with Gasteiger partial charge in [0.2, 0.25) is 0 Å². The van der Waals surface area contributed by atoms with Gasteiger partial charge in [0.25, 0.3) is 0 Å². The van der Waals surface area contributed by atoms with Gasteiger partial charge in [0.05, 0.1) is 7.11 Å². The number of ether oxygens (including phenoxy) is 1. The summed E-state index contributed by atoms with van der Waals surface area (Å²) in [6, 6.07) is 8.01. The van der Waals surface area contributed by atoms with Crippen LogP contribution in [0.5, 0.6) is 5.75 Å². The highest BCUT2D eigenvalue weighted by Crippen LogP contribution is 2.17. The Balaban J connectivity index is 2.61. The largest absolute Gasteiger partial charge is 0.497 e. The van der Waals surface area contributed by atoms with Crippen molar-refractivity contribution in [3.05, 3.63) is 24.3 Å². The Labute approximate surface area is 103 Å². The van der Waals surface area contributed by atoms with Gasteiger partial charge in [-0.25, -0.2) is 0 Å². The lowest BCUT2D eigenvalue weighted by molar-refractivity contribution is -0.117. The number of ketones is 1. The number of anilines is 1. The highest BCUT2D eigenvalue weighted by molar-refractivity contribution is 5.76. The predicted octanol–water partition coefficient (Wildman–Crippen LogP) is 3.25. The molecule has 0 aliphatic rings. The molecule has 0 heterocycles. The molecule has 17 heavy (non-hydrogen) atoms. The van der Waals surface area contributed by atoms with Crippen molar-refractivity contribution >= 4 is 11.5 Å². The van der Waals surface area contributed by atoms with Crippen LogP contribution in [0.3, 0.4) is 0 Å². The van der Waals surface area contributed by atoms with E-state index in [-0.39, 0.29) is 11.8 Å². The Kier molecular flexibility index (Phi) is 5.53. The van der Waals surface area contributed by atoms with Crippen molar-refractivity contribution in [1.29, 1.82) is 0 Å². The number of methoxy groups -OCH3 is 1. The molecule has 0 radical (unpaired) electrons. The normalized spacial score (nSPS) is 11.9. The van der Waals surface area contributed by atoms with Crippen LogP contribution in [0.15, 0.2) is 24.3 Å². The molecule has 0 saturated heterocycles. The first kappa shape index (κ1) is 13.6. The molecule has 3 heteroatoms. The van der Waals surface area contributed by atoms with Crippen molar-refractivity contribution in [1.82, 2.24) is 0 Å². The second kappa shape index (κ2) is 6.94. The van der Waals surface area contributed by atoms with E-state index in [1.807, 2.05) is 24.3 Å². The van der Waals surface area contributed by atoms with Crippen LogP contribution in [0, 0.1) is 0 Å². The summed E-state index contributed by atoms with van der Waals surface area (Å²) in [7, 11) is 1.65. The number of nitrogens with one attached hydrogen (secondary N) is 1. The molecule has 0 aromatic heterocycles. The average molecular weight is 235 g/mol. The van der Waals surface area contributed by atoms with E-state index in [0.29, 0.717) is 6.42 Å². The molecule has 0 fully saturated rings. The summed E-state index contributed by atoms with van der Waals surface area (Å²) in [6.45, 7) is 3.77. The van der Waals surface area contributed by atoms with Gasteiger partial charge >= 0.3 is 0 Å². The summed E-state index contributed by atoms with van der Waals surface area (Å²) >= 11 is 0. The van der Waals surface area contributed by atoms with E-state index in [1.165, 1.54) is 0 Å². The fourth-order valence-electron chi connectivity index (χ4n) is 1.84. The minimum Gasteiger partial charge on any atom is -0.497 e. The molecule has 1 N–H and O–H groups in total. The topological polar surface area (TPSA) is 38.3 Å². The molecule has 0 saturated carbocycles. The summed E-state index contributed by atoms with van der Waals surface area (Å²) in [5, 5.41) is 3.39. The zero-order chi connectivity index (χ0) is 12.7. The molecule has 0 bridgehead atoms. The van der Waals surface area contributed by atoms with Gasteiger partial charge in [0.1, 0.15) is 11.5 Å². The lowest BCUT2D eigenvalue weighted by Crippen LogP contribution is -2.22. The average Bonchev–Trinajstić information content (AvgIpc) is 2.29. The maximum Gasteiger partial charge on any atom is 0.131 e. The Bertz CT molecular complexity index is 346. The first-order valence-electron chi connectivity index (χ1n) is 6.05. The number of hydrogen-bond donors (Lipinski definition) is 1. The second-order valence-electron chi connectivity index (χ2n) is 4.26. The van der Waals surface area contributed by atoms with Crippen LogP contribution in [-0.4, -0.2) is 18.9 Å². The van der Waals surface area contributed by atoms with Crippen LogP contribution in [0.1, 0.15) is 33.1 Å². The Morgan fingerprint density at radius 3 is 2.47 bits per heavy atom. The quantitative estimate of drug-likeness (QED) is 0.788. The smallest absolute Gasteiger partial charge is 0.131 e. The van der Waals surface area contributed by atoms with E-state index < -0.39 is 0 Å². The van der Waals surface area contributed by atoms with Gasteiger partial charge in [0, 0.05) is 18.2 Å². The number of hydrogen-bond acceptors (Lipinski definition) is 3. The molecule has 0 aliphatic carbocycles. The predicted molar refractivity (Wildman–Crippen MR) is 70.6 cm³/mol. The van der Waals surface area contributed by atoms with Gasteiger partial charge in [-0.05, 0) is 37.6 Å². The van der Waals surface area contributed by atoms with E-state index >= 15 is 0 Å². The molecule has 94 valence electrons. The van der Waals surface area contributed by atoms with Crippen molar-refractivity contribution in [2.45, 2.75) is 39.2 Å². The minimum absolute atomic E-state index is 0.226. The van der Waals surface area contributed by atoms with E-state index in [0.717, 1.165) is 24.3 Å². The van der Waals surface area contributed by atoms with Crippen LogP contribution >= 0.6 is 0 Å². The van der Waals surface area contributed by atoms with Gasteiger partial charge in [-0.1, -0.05) is 13.3 Å². The number of benzene rings is 1. The van der Waals surface area contributed by atoms with Crippen LogP contribution in [0.2, 0.25) is 0 Å². The zero-order valence-corrected chi connectivity index (χ0v) is 10.8. The summed E-state index contributed by atoms with van der Waals surface area (Å²) in [6.07, 6.45) is 2.66. The molecule has 0 aliphatic heterocycles. The standard InChI is InChI=1S/C14H21NO2/c1-4-5-13(10-11(2)16)15-12-6-8-14(17-3)9-7-12/h6-9,13,15H,4-5,10H2,1-3H3. The fourth-order valence-corrected chi connectivity index (χ4v) is 1.84. The Morgan fingerprint density at radius 1 is 1.35 bits per heavy atom. The molecule has 0 amide bonds. The van der Waals surface area contributed by atoms with Crippen molar-refractivity contribution in [3.63, 3.8) is 0 Å². The number of carbonyl (C=O) groups is 1. The summed E-state index contributed by atoms with van der Waals surface area (Å²) in [5.74, 6) is 1.07. The van der Waals surface area contributed by atoms with Crippen molar-refractivity contribution in [2.75, 3.05) is 12.4 Å². The maximum absolute atomic E-state index is 11.2. The highest BCUT2D eigenvalue weighted by atomic mass is 16.5. The fraction of sp³-hybridized carbons (Fsp3) is 0.500. The van der Waals surface area contributed by atoms with Crippen LogP contribution in [0.25, 0.3) is 0 Å². The van der Waals surface area contributed by atoms with Crippen LogP contribution in [0.4, 0.5) is 5.69 Å². The zero-order valence-electron chi connectivity index (χ0n) is 10.8. The van der Waals surface area contributed by atoms with Gasteiger partial charge in [-0.3, -0.25) is 4.79 Å². The van der Waals surface area contributed by atoms with Gasteiger partial charge in [-0.15, -0.1) is 0 Å². The van der Waals surface area contributed by atoms with Crippen molar-refractivity contribution in [2.24, 2.45) is 0 Å². The summed E-state index contributed by atoms with van der Waals surface area (Å²) in [4.78, 5) is 11.2. The Morgan fingerprint density at radius 2 is 2.00 bits per heavy atom. The SMILES string of the molecule is CCCC(CC(C)=O)Nc1ccc(OC)cc1. The third-order valence-corrected chi connectivity index (χ3v) is 2.63. The summed E-state index contributed by atoms with van der Waals surface area (Å²) < 4.78 is 5.10. The highest BCUT2D eigenvalue weighted by Gasteiger charge is 2.10. The van der Waals surface area contributed by atoms with E-state index in [9.17, 15) is 4.79 Å². The van der Waals surface area contributed by atoms with Crippen LogP contribution < -0.4 is 10.1 Å². The molecular weight excluding hydrogens is 214 g/mol. The molecule has 1 rings (SSSR count). The van der Waals surface area contributed by atoms with Gasteiger partial charge in [-0.2, -0.15) is 0 Å². The molecule has 1 atom stereocenters. The minimum atomic E-state index is 0.226. The maximum atomic E-state index is 11.2. The Hall–Kier alpha value is -1.51. The lowest BCUT2D eigenvalue weighted by Gasteiger charge is -2.18. The first-order chi connectivity index (χ1) is 8.15. The van der Waals surface area contributed by atoms with E-state index in [1.54, 1.807) is 14.0 Å². The van der Waals surface area contributed by atoms with Crippen molar-refractivity contribution < 1.29 is 9.53 Å². The number of rotatable bonds is 7. The molecular formula is C14H21NO2. The lowest BCUT2D eigenvalue weighted by atomic mass is 10.1. The summed E-state index contributed by atoms with van der Waals surface area (Å²) in [5.41, 5.74) is 1.03. The van der Waals surface area contributed by atoms with E-state index in [4.69, 9.17) is 4.74 Å². The molecule has 3 nitrogen and oxygen atoms in total. The molecule has 1 unspecified atom stereocenters. The first-order valence-corrected chi connectivity index (χ1v) is 6.05. The third kappa shape index (κ3) is 4.89.